The molecule has 0 aliphatic heterocycles. The van der Waals surface area contributed by atoms with Crippen LogP contribution in [0.4, 0.5) is 0 Å². The standard InChI is InChI=1S/C11H14BrNO2/c1-13-7-9(14)5-8-6-10(15-2)3-4-11(8)12/h3-4,6,13H,5,7H2,1-2H3. The number of Topliss-reactive ketones (excluding diaryl/α,β-unsaturated/α-hetero) is 1. The van der Waals surface area contributed by atoms with Gasteiger partial charge in [0, 0.05) is 10.9 Å². The van der Waals surface area contributed by atoms with Gasteiger partial charge in [-0.2, -0.15) is 0 Å². The molecule has 1 aromatic rings. The van der Waals surface area contributed by atoms with Gasteiger partial charge >= 0.3 is 0 Å². The minimum Gasteiger partial charge on any atom is -0.497 e. The molecule has 0 amide bonds. The lowest BCUT2D eigenvalue weighted by Gasteiger charge is -2.06. The van der Waals surface area contributed by atoms with Gasteiger partial charge in [-0.15, -0.1) is 0 Å². The third-order valence-corrected chi connectivity index (χ3v) is 2.79. The summed E-state index contributed by atoms with van der Waals surface area (Å²) in [4.78, 5) is 11.4. The number of rotatable bonds is 5. The molecule has 0 fully saturated rings. The van der Waals surface area contributed by atoms with E-state index in [4.69, 9.17) is 4.74 Å². The topological polar surface area (TPSA) is 38.3 Å². The average molecular weight is 272 g/mol. The number of ether oxygens (including phenoxy) is 1. The number of methoxy groups -OCH3 is 1. The summed E-state index contributed by atoms with van der Waals surface area (Å²) in [6.45, 7) is 0.393. The Labute approximate surface area is 97.9 Å². The van der Waals surface area contributed by atoms with Crippen LogP contribution in [0.5, 0.6) is 5.75 Å². The van der Waals surface area contributed by atoms with Crippen LogP contribution in [0.2, 0.25) is 0 Å². The van der Waals surface area contributed by atoms with Crippen LogP contribution in [0.3, 0.4) is 0 Å². The lowest BCUT2D eigenvalue weighted by molar-refractivity contribution is -0.117. The SMILES string of the molecule is CNCC(=O)Cc1cc(OC)ccc1Br. The van der Waals surface area contributed by atoms with Gasteiger partial charge in [0.25, 0.3) is 0 Å². The Hall–Kier alpha value is -0.870. The van der Waals surface area contributed by atoms with Crippen molar-refractivity contribution in [3.63, 3.8) is 0 Å². The second-order valence-electron chi connectivity index (χ2n) is 3.20. The zero-order valence-electron chi connectivity index (χ0n) is 8.84. The Morgan fingerprint density at radius 2 is 2.27 bits per heavy atom. The molecule has 82 valence electrons. The summed E-state index contributed by atoms with van der Waals surface area (Å²) < 4.78 is 6.04. The number of benzene rings is 1. The van der Waals surface area contributed by atoms with E-state index < -0.39 is 0 Å². The molecule has 1 N–H and O–H groups in total. The maximum absolute atomic E-state index is 11.4. The molecule has 0 atom stereocenters. The Morgan fingerprint density at radius 1 is 1.53 bits per heavy atom. The lowest BCUT2D eigenvalue weighted by atomic mass is 10.1. The molecule has 0 aliphatic rings. The van der Waals surface area contributed by atoms with Crippen LogP contribution in [0, 0.1) is 0 Å². The first-order valence-electron chi connectivity index (χ1n) is 4.66. The zero-order chi connectivity index (χ0) is 11.3. The van der Waals surface area contributed by atoms with Gasteiger partial charge in [-0.1, -0.05) is 15.9 Å². The van der Waals surface area contributed by atoms with Crippen LogP contribution in [-0.4, -0.2) is 26.5 Å². The first kappa shape index (κ1) is 12.2. The van der Waals surface area contributed by atoms with E-state index in [0.717, 1.165) is 15.8 Å². The molecule has 0 unspecified atom stereocenters. The summed E-state index contributed by atoms with van der Waals surface area (Å²) in [5, 5.41) is 2.84. The summed E-state index contributed by atoms with van der Waals surface area (Å²) in [6.07, 6.45) is 0.415. The number of ketones is 1. The molecule has 4 heteroatoms. The maximum atomic E-state index is 11.4. The van der Waals surface area contributed by atoms with Crippen molar-refractivity contribution < 1.29 is 9.53 Å². The molecule has 0 saturated carbocycles. The Balaban J connectivity index is 2.79. The van der Waals surface area contributed by atoms with Gasteiger partial charge in [0.05, 0.1) is 13.7 Å². The fourth-order valence-electron chi connectivity index (χ4n) is 1.29. The van der Waals surface area contributed by atoms with Crippen molar-refractivity contribution in [3.05, 3.63) is 28.2 Å². The van der Waals surface area contributed by atoms with Gasteiger partial charge in [-0.3, -0.25) is 4.79 Å². The van der Waals surface area contributed by atoms with Gasteiger partial charge in [0.1, 0.15) is 5.75 Å². The highest BCUT2D eigenvalue weighted by Gasteiger charge is 2.07. The molecule has 15 heavy (non-hydrogen) atoms. The van der Waals surface area contributed by atoms with Crippen LogP contribution in [0.1, 0.15) is 5.56 Å². The fraction of sp³-hybridized carbons (Fsp3) is 0.364. The largest absolute Gasteiger partial charge is 0.497 e. The maximum Gasteiger partial charge on any atom is 0.151 e. The minimum absolute atomic E-state index is 0.159. The molecule has 0 radical (unpaired) electrons. The molecule has 3 nitrogen and oxygen atoms in total. The van der Waals surface area contributed by atoms with Crippen molar-refractivity contribution in [3.8, 4) is 5.75 Å². The van der Waals surface area contributed by atoms with E-state index in [9.17, 15) is 4.79 Å². The van der Waals surface area contributed by atoms with E-state index in [1.807, 2.05) is 18.2 Å². The van der Waals surface area contributed by atoms with Crippen LogP contribution < -0.4 is 10.1 Å². The molecule has 0 heterocycles. The van der Waals surface area contributed by atoms with Crippen LogP contribution in [0.25, 0.3) is 0 Å². The van der Waals surface area contributed by atoms with Gasteiger partial charge in [-0.25, -0.2) is 0 Å². The Bertz CT molecular complexity index is 352. The van der Waals surface area contributed by atoms with Crippen molar-refractivity contribution in [2.45, 2.75) is 6.42 Å². The van der Waals surface area contributed by atoms with E-state index in [1.165, 1.54) is 0 Å². The lowest BCUT2D eigenvalue weighted by Crippen LogP contribution is -2.20. The predicted octanol–water partition coefficient (Wildman–Crippen LogP) is 1.79. The number of carbonyl (C=O) groups excluding carboxylic acids is 1. The number of carbonyl (C=O) groups is 1. The van der Waals surface area contributed by atoms with Gasteiger partial charge < -0.3 is 10.1 Å². The quantitative estimate of drug-likeness (QED) is 0.888. The normalized spacial score (nSPS) is 10.1. The number of nitrogens with one attached hydrogen (secondary N) is 1. The Morgan fingerprint density at radius 3 is 2.87 bits per heavy atom. The highest BCUT2D eigenvalue weighted by molar-refractivity contribution is 9.10. The third kappa shape index (κ3) is 3.64. The third-order valence-electron chi connectivity index (χ3n) is 2.01. The summed E-state index contributed by atoms with van der Waals surface area (Å²) in [5.41, 5.74) is 0.953. The van der Waals surface area contributed by atoms with E-state index in [2.05, 4.69) is 21.2 Å². The van der Waals surface area contributed by atoms with Crippen LogP contribution in [0.15, 0.2) is 22.7 Å². The van der Waals surface area contributed by atoms with Gasteiger partial charge in [0.15, 0.2) is 5.78 Å². The molecule has 1 aromatic carbocycles. The van der Waals surface area contributed by atoms with E-state index in [0.29, 0.717) is 13.0 Å². The van der Waals surface area contributed by atoms with Crippen molar-refractivity contribution >= 4 is 21.7 Å². The van der Waals surface area contributed by atoms with E-state index in [-0.39, 0.29) is 5.78 Å². The number of hydrogen-bond donors (Lipinski definition) is 1. The highest BCUT2D eigenvalue weighted by atomic mass is 79.9. The van der Waals surface area contributed by atoms with Crippen molar-refractivity contribution in [1.82, 2.24) is 5.32 Å². The summed E-state index contributed by atoms with van der Waals surface area (Å²) in [7, 11) is 3.38. The summed E-state index contributed by atoms with van der Waals surface area (Å²) in [5.74, 6) is 0.928. The molecular formula is C11H14BrNO2. The smallest absolute Gasteiger partial charge is 0.151 e. The summed E-state index contributed by atoms with van der Waals surface area (Å²) in [6, 6.07) is 5.62. The van der Waals surface area contributed by atoms with Crippen LogP contribution in [-0.2, 0) is 11.2 Å². The zero-order valence-corrected chi connectivity index (χ0v) is 10.4. The predicted molar refractivity (Wildman–Crippen MR) is 63.3 cm³/mol. The summed E-state index contributed by atoms with van der Waals surface area (Å²) >= 11 is 3.41. The molecule has 0 aliphatic carbocycles. The first-order chi connectivity index (χ1) is 7.17. The Kier molecular flexibility index (Phi) is 4.78. The molecule has 0 bridgehead atoms. The molecule has 0 spiro atoms. The fourth-order valence-corrected chi connectivity index (χ4v) is 1.67. The first-order valence-corrected chi connectivity index (χ1v) is 5.45. The number of likely N-dealkylation sites (N-methyl/N-ethyl adjacent to an activating group) is 1. The second-order valence-corrected chi connectivity index (χ2v) is 4.06. The molecule has 1 rings (SSSR count). The molecule has 0 saturated heterocycles. The molecule has 0 aromatic heterocycles. The van der Waals surface area contributed by atoms with Crippen LogP contribution >= 0.6 is 15.9 Å². The van der Waals surface area contributed by atoms with E-state index in [1.54, 1.807) is 14.2 Å². The van der Waals surface area contributed by atoms with E-state index >= 15 is 0 Å². The van der Waals surface area contributed by atoms with Crippen molar-refractivity contribution in [1.29, 1.82) is 0 Å². The van der Waals surface area contributed by atoms with Gasteiger partial charge in [0.2, 0.25) is 0 Å². The number of hydrogen-bond acceptors (Lipinski definition) is 3. The molecular weight excluding hydrogens is 258 g/mol. The van der Waals surface area contributed by atoms with Gasteiger partial charge in [-0.05, 0) is 30.8 Å². The minimum atomic E-state index is 0.159. The average Bonchev–Trinajstić information content (AvgIpc) is 2.21. The number of halogens is 1. The van der Waals surface area contributed by atoms with Crippen molar-refractivity contribution in [2.75, 3.05) is 20.7 Å². The highest BCUT2D eigenvalue weighted by Crippen LogP contribution is 2.22. The van der Waals surface area contributed by atoms with Crippen molar-refractivity contribution in [2.24, 2.45) is 0 Å². The monoisotopic (exact) mass is 271 g/mol. The second kappa shape index (κ2) is 5.88.